The topological polar surface area (TPSA) is 55.4 Å². The summed E-state index contributed by atoms with van der Waals surface area (Å²) < 4.78 is 17.7. The van der Waals surface area contributed by atoms with Crippen molar-refractivity contribution in [2.24, 2.45) is 5.92 Å². The van der Waals surface area contributed by atoms with Gasteiger partial charge in [0.1, 0.15) is 5.82 Å². The van der Waals surface area contributed by atoms with Crippen molar-refractivity contribution >= 4 is 18.0 Å². The molecule has 0 saturated heterocycles. The van der Waals surface area contributed by atoms with E-state index in [-0.39, 0.29) is 24.4 Å². The summed E-state index contributed by atoms with van der Waals surface area (Å²) in [4.78, 5) is 23.0. The minimum absolute atomic E-state index is 0.0130. The number of esters is 1. The van der Waals surface area contributed by atoms with Crippen LogP contribution < -0.4 is 5.32 Å². The van der Waals surface area contributed by atoms with Gasteiger partial charge in [-0.2, -0.15) is 0 Å². The van der Waals surface area contributed by atoms with Crippen molar-refractivity contribution < 1.29 is 18.7 Å². The van der Waals surface area contributed by atoms with E-state index in [4.69, 9.17) is 4.74 Å². The van der Waals surface area contributed by atoms with Gasteiger partial charge in [-0.3, -0.25) is 4.79 Å². The number of carbonyl (C=O) groups is 2. The van der Waals surface area contributed by atoms with E-state index in [1.807, 2.05) is 20.8 Å². The van der Waals surface area contributed by atoms with Crippen molar-refractivity contribution in [2.45, 2.75) is 26.8 Å². The summed E-state index contributed by atoms with van der Waals surface area (Å²) in [6.45, 7) is 5.52. The van der Waals surface area contributed by atoms with Gasteiger partial charge < -0.3 is 10.1 Å². The zero-order chi connectivity index (χ0) is 15.8. The first-order chi connectivity index (χ1) is 9.88. The number of rotatable bonds is 6. The van der Waals surface area contributed by atoms with Gasteiger partial charge in [0.05, 0.1) is 0 Å². The summed E-state index contributed by atoms with van der Waals surface area (Å²) in [7, 11) is 0. The minimum Gasteiger partial charge on any atom is -0.452 e. The summed E-state index contributed by atoms with van der Waals surface area (Å²) >= 11 is 0. The van der Waals surface area contributed by atoms with Gasteiger partial charge in [-0.05, 0) is 36.6 Å². The molecule has 0 aliphatic heterocycles. The number of benzene rings is 1. The monoisotopic (exact) mass is 293 g/mol. The molecule has 0 saturated carbocycles. The van der Waals surface area contributed by atoms with Crippen LogP contribution in [-0.2, 0) is 14.3 Å². The quantitative estimate of drug-likeness (QED) is 0.648. The van der Waals surface area contributed by atoms with Crippen LogP contribution in [0.25, 0.3) is 6.08 Å². The van der Waals surface area contributed by atoms with Gasteiger partial charge in [0.15, 0.2) is 6.61 Å². The van der Waals surface area contributed by atoms with Crippen LogP contribution in [0.2, 0.25) is 0 Å². The van der Waals surface area contributed by atoms with E-state index in [0.29, 0.717) is 11.5 Å². The second-order valence-electron chi connectivity index (χ2n) is 5.10. The van der Waals surface area contributed by atoms with E-state index < -0.39 is 5.97 Å². The van der Waals surface area contributed by atoms with Crippen LogP contribution in [0.4, 0.5) is 4.39 Å². The van der Waals surface area contributed by atoms with Crippen molar-refractivity contribution in [2.75, 3.05) is 6.61 Å². The van der Waals surface area contributed by atoms with Crippen LogP contribution in [0.1, 0.15) is 26.3 Å². The van der Waals surface area contributed by atoms with E-state index in [0.717, 1.165) is 6.08 Å². The van der Waals surface area contributed by atoms with Gasteiger partial charge in [0, 0.05) is 12.1 Å². The molecule has 1 aromatic carbocycles. The standard InChI is InChI=1S/C16H20FNO3/c1-11(2)12(3)18-15(19)10-21-16(20)8-7-13-5-4-6-14(17)9-13/h4-9,11-12H,10H2,1-3H3,(H,18,19)/b8-7+/t12-/m0/s1. The Morgan fingerprint density at radius 2 is 2.05 bits per heavy atom. The van der Waals surface area contributed by atoms with Crippen LogP contribution in [0.3, 0.4) is 0 Å². The molecule has 0 bridgehead atoms. The molecule has 1 amide bonds. The van der Waals surface area contributed by atoms with Gasteiger partial charge in [-0.1, -0.05) is 26.0 Å². The van der Waals surface area contributed by atoms with Crippen molar-refractivity contribution in [3.05, 3.63) is 41.7 Å². The number of hydrogen-bond acceptors (Lipinski definition) is 3. The third-order valence-corrected chi connectivity index (χ3v) is 2.99. The lowest BCUT2D eigenvalue weighted by molar-refractivity contribution is -0.144. The van der Waals surface area contributed by atoms with Gasteiger partial charge >= 0.3 is 5.97 Å². The molecular weight excluding hydrogens is 273 g/mol. The third-order valence-electron chi connectivity index (χ3n) is 2.99. The Balaban J connectivity index is 2.39. The summed E-state index contributed by atoms with van der Waals surface area (Å²) in [5, 5.41) is 2.73. The zero-order valence-corrected chi connectivity index (χ0v) is 12.4. The first-order valence-electron chi connectivity index (χ1n) is 6.78. The molecule has 0 aliphatic rings. The maximum absolute atomic E-state index is 12.9. The van der Waals surface area contributed by atoms with Crippen LogP contribution in [0.15, 0.2) is 30.3 Å². The SMILES string of the molecule is CC(C)[C@H](C)NC(=O)COC(=O)/C=C/c1cccc(F)c1. The average molecular weight is 293 g/mol. The number of nitrogens with one attached hydrogen (secondary N) is 1. The normalized spacial score (nSPS) is 12.4. The van der Waals surface area contributed by atoms with Crippen molar-refractivity contribution in [3.63, 3.8) is 0 Å². The molecule has 4 nitrogen and oxygen atoms in total. The van der Waals surface area contributed by atoms with Gasteiger partial charge in [-0.25, -0.2) is 9.18 Å². The Morgan fingerprint density at radius 3 is 2.67 bits per heavy atom. The van der Waals surface area contributed by atoms with Crippen LogP contribution >= 0.6 is 0 Å². The first kappa shape index (κ1) is 16.9. The van der Waals surface area contributed by atoms with Crippen LogP contribution in [0.5, 0.6) is 0 Å². The number of hydrogen-bond donors (Lipinski definition) is 1. The molecule has 0 radical (unpaired) electrons. The molecule has 1 N–H and O–H groups in total. The molecule has 114 valence electrons. The highest BCUT2D eigenvalue weighted by atomic mass is 19.1. The molecule has 1 rings (SSSR count). The fourth-order valence-electron chi connectivity index (χ4n) is 1.42. The van der Waals surface area contributed by atoms with E-state index in [2.05, 4.69) is 5.32 Å². The largest absolute Gasteiger partial charge is 0.452 e. The van der Waals surface area contributed by atoms with E-state index >= 15 is 0 Å². The Bertz CT molecular complexity index is 526. The second-order valence-corrected chi connectivity index (χ2v) is 5.10. The number of carbonyl (C=O) groups excluding carboxylic acids is 2. The highest BCUT2D eigenvalue weighted by Gasteiger charge is 2.11. The minimum atomic E-state index is -0.647. The molecule has 0 spiro atoms. The van der Waals surface area contributed by atoms with Gasteiger partial charge in [0.2, 0.25) is 0 Å². The smallest absolute Gasteiger partial charge is 0.331 e. The molecule has 1 atom stereocenters. The predicted octanol–water partition coefficient (Wildman–Crippen LogP) is 2.54. The summed E-state index contributed by atoms with van der Waals surface area (Å²) in [5.74, 6) is -1.07. The molecular formula is C16H20FNO3. The first-order valence-corrected chi connectivity index (χ1v) is 6.78. The van der Waals surface area contributed by atoms with Gasteiger partial charge in [-0.15, -0.1) is 0 Å². The van der Waals surface area contributed by atoms with E-state index in [9.17, 15) is 14.0 Å². The molecule has 0 fully saturated rings. The lowest BCUT2D eigenvalue weighted by Gasteiger charge is -2.16. The Labute approximate surface area is 124 Å². The number of ether oxygens (including phenoxy) is 1. The maximum atomic E-state index is 12.9. The van der Waals surface area contributed by atoms with Crippen LogP contribution in [0, 0.1) is 11.7 Å². The van der Waals surface area contributed by atoms with Crippen molar-refractivity contribution in [1.29, 1.82) is 0 Å². The summed E-state index contributed by atoms with van der Waals surface area (Å²) in [6.07, 6.45) is 2.59. The maximum Gasteiger partial charge on any atom is 0.331 e. The fraction of sp³-hybridized carbons (Fsp3) is 0.375. The lowest BCUT2D eigenvalue weighted by atomic mass is 10.1. The molecule has 0 aliphatic carbocycles. The van der Waals surface area contributed by atoms with Crippen molar-refractivity contribution in [3.8, 4) is 0 Å². The lowest BCUT2D eigenvalue weighted by Crippen LogP contribution is -2.38. The van der Waals surface area contributed by atoms with E-state index in [1.165, 1.54) is 18.2 Å². The number of amides is 1. The molecule has 5 heteroatoms. The third kappa shape index (κ3) is 6.70. The number of halogens is 1. The highest BCUT2D eigenvalue weighted by molar-refractivity contribution is 5.89. The molecule has 21 heavy (non-hydrogen) atoms. The van der Waals surface area contributed by atoms with Gasteiger partial charge in [0.25, 0.3) is 5.91 Å². The molecule has 1 aromatic rings. The Hall–Kier alpha value is -2.17. The highest BCUT2D eigenvalue weighted by Crippen LogP contribution is 2.05. The molecule has 0 heterocycles. The summed E-state index contributed by atoms with van der Waals surface area (Å²) in [5.41, 5.74) is 0.546. The van der Waals surface area contributed by atoms with Crippen molar-refractivity contribution in [1.82, 2.24) is 5.32 Å². The average Bonchev–Trinajstić information content (AvgIpc) is 2.42. The fourth-order valence-corrected chi connectivity index (χ4v) is 1.42. The van der Waals surface area contributed by atoms with E-state index in [1.54, 1.807) is 12.1 Å². The predicted molar refractivity (Wildman–Crippen MR) is 78.8 cm³/mol. The van der Waals surface area contributed by atoms with Crippen LogP contribution in [-0.4, -0.2) is 24.5 Å². The Morgan fingerprint density at radius 1 is 1.33 bits per heavy atom. The Kier molecular flexibility index (Phi) is 6.59. The second kappa shape index (κ2) is 8.19. The summed E-state index contributed by atoms with van der Waals surface area (Å²) in [6, 6.07) is 5.82. The molecule has 0 aromatic heterocycles. The molecule has 0 unspecified atom stereocenters. The zero-order valence-electron chi connectivity index (χ0n) is 12.4.